The molecule has 0 saturated heterocycles. The molecule has 0 aliphatic heterocycles. The molecule has 2 aliphatic rings. The van der Waals surface area contributed by atoms with E-state index in [1.807, 2.05) is 0 Å². The summed E-state index contributed by atoms with van der Waals surface area (Å²) in [7, 11) is 0. The predicted octanol–water partition coefficient (Wildman–Crippen LogP) is 1.20. The fourth-order valence-electron chi connectivity index (χ4n) is 1.63. The van der Waals surface area contributed by atoms with Gasteiger partial charge < -0.3 is 0 Å². The molecule has 0 aromatic rings. The van der Waals surface area contributed by atoms with Crippen molar-refractivity contribution >= 4 is 11.6 Å². The van der Waals surface area contributed by atoms with Gasteiger partial charge in [0.25, 0.3) is 0 Å². The van der Waals surface area contributed by atoms with Crippen LogP contribution in [0.5, 0.6) is 0 Å². The molecule has 12 heavy (non-hydrogen) atoms. The Kier molecular flexibility index (Phi) is 1.37. The summed E-state index contributed by atoms with van der Waals surface area (Å²) >= 11 is 0. The van der Waals surface area contributed by atoms with Crippen LogP contribution in [0, 0.1) is 5.92 Å². The van der Waals surface area contributed by atoms with Crippen LogP contribution in [0.1, 0.15) is 6.42 Å². The summed E-state index contributed by atoms with van der Waals surface area (Å²) in [6, 6.07) is 0. The zero-order valence-electron chi connectivity index (χ0n) is 6.54. The maximum atomic E-state index is 11.2. The Morgan fingerprint density at radius 1 is 1.33 bits per heavy atom. The standard InChI is InChI=1S/C10H8O2/c1-2-6-5-7-8(11)3-4-9(12)10(6)7/h2-4,6H,1,5H2. The maximum Gasteiger partial charge on any atom is 0.182 e. The highest BCUT2D eigenvalue weighted by Gasteiger charge is 2.36. The first-order valence-corrected chi connectivity index (χ1v) is 3.86. The molecule has 0 aromatic carbocycles. The van der Waals surface area contributed by atoms with Crippen molar-refractivity contribution < 1.29 is 9.59 Å². The highest BCUT2D eigenvalue weighted by Crippen LogP contribution is 2.38. The first-order valence-electron chi connectivity index (χ1n) is 3.86. The van der Waals surface area contributed by atoms with Gasteiger partial charge in [-0.1, -0.05) is 6.08 Å². The SMILES string of the molecule is C=CC1CC2=C1C(=O)C=CC2=O. The summed E-state index contributed by atoms with van der Waals surface area (Å²) in [5.41, 5.74) is 1.35. The lowest BCUT2D eigenvalue weighted by atomic mass is 9.71. The number of carbonyl (C=O) groups excluding carboxylic acids is 2. The van der Waals surface area contributed by atoms with Gasteiger partial charge in [-0.3, -0.25) is 9.59 Å². The minimum absolute atomic E-state index is 0.0114. The zero-order valence-corrected chi connectivity index (χ0v) is 6.54. The van der Waals surface area contributed by atoms with E-state index in [0.717, 1.165) is 0 Å². The van der Waals surface area contributed by atoms with Crippen LogP contribution in [0.4, 0.5) is 0 Å². The third kappa shape index (κ3) is 0.749. The average molecular weight is 160 g/mol. The topological polar surface area (TPSA) is 34.1 Å². The fourth-order valence-corrected chi connectivity index (χ4v) is 1.63. The Morgan fingerprint density at radius 3 is 2.67 bits per heavy atom. The van der Waals surface area contributed by atoms with Gasteiger partial charge in [0.1, 0.15) is 0 Å². The summed E-state index contributed by atoms with van der Waals surface area (Å²) < 4.78 is 0. The Bertz CT molecular complexity index is 345. The molecule has 2 rings (SSSR count). The van der Waals surface area contributed by atoms with Crippen LogP contribution in [0.15, 0.2) is 36.0 Å². The van der Waals surface area contributed by atoms with E-state index in [-0.39, 0.29) is 17.5 Å². The van der Waals surface area contributed by atoms with Crippen molar-refractivity contribution in [1.82, 2.24) is 0 Å². The molecule has 0 amide bonds. The third-order valence-corrected chi connectivity index (χ3v) is 2.35. The smallest absolute Gasteiger partial charge is 0.182 e. The molecule has 2 aliphatic carbocycles. The zero-order chi connectivity index (χ0) is 8.72. The number of rotatable bonds is 1. The monoisotopic (exact) mass is 160 g/mol. The third-order valence-electron chi connectivity index (χ3n) is 2.35. The van der Waals surface area contributed by atoms with Crippen LogP contribution in [0.2, 0.25) is 0 Å². The van der Waals surface area contributed by atoms with Gasteiger partial charge in [-0.2, -0.15) is 0 Å². The predicted molar refractivity (Wildman–Crippen MR) is 44.5 cm³/mol. The van der Waals surface area contributed by atoms with Crippen LogP contribution in [0.25, 0.3) is 0 Å². The Labute approximate surface area is 70.3 Å². The number of hydrogen-bond donors (Lipinski definition) is 0. The van der Waals surface area contributed by atoms with E-state index in [1.165, 1.54) is 12.2 Å². The molecule has 0 bridgehead atoms. The van der Waals surface area contributed by atoms with Gasteiger partial charge in [-0.25, -0.2) is 0 Å². The largest absolute Gasteiger partial charge is 0.290 e. The molecular weight excluding hydrogens is 152 g/mol. The second-order valence-electron chi connectivity index (χ2n) is 3.00. The molecule has 0 spiro atoms. The second-order valence-corrected chi connectivity index (χ2v) is 3.00. The van der Waals surface area contributed by atoms with E-state index < -0.39 is 0 Å². The van der Waals surface area contributed by atoms with Crippen molar-refractivity contribution in [3.63, 3.8) is 0 Å². The first-order chi connectivity index (χ1) is 5.74. The van der Waals surface area contributed by atoms with Gasteiger partial charge >= 0.3 is 0 Å². The van der Waals surface area contributed by atoms with Gasteiger partial charge in [0.15, 0.2) is 11.6 Å². The lowest BCUT2D eigenvalue weighted by Gasteiger charge is -2.30. The second kappa shape index (κ2) is 2.27. The molecule has 1 unspecified atom stereocenters. The molecule has 0 N–H and O–H groups in total. The van der Waals surface area contributed by atoms with E-state index in [0.29, 0.717) is 17.6 Å². The van der Waals surface area contributed by atoms with E-state index in [1.54, 1.807) is 6.08 Å². The quantitative estimate of drug-likeness (QED) is 0.426. The van der Waals surface area contributed by atoms with E-state index in [4.69, 9.17) is 0 Å². The first kappa shape index (κ1) is 7.22. The van der Waals surface area contributed by atoms with Crippen molar-refractivity contribution in [3.05, 3.63) is 36.0 Å². The number of allylic oxidation sites excluding steroid dienone is 5. The lowest BCUT2D eigenvalue weighted by molar-refractivity contribution is -0.116. The molecule has 0 saturated carbocycles. The van der Waals surface area contributed by atoms with Crippen molar-refractivity contribution in [2.24, 2.45) is 5.92 Å². The van der Waals surface area contributed by atoms with Crippen LogP contribution in [-0.4, -0.2) is 11.6 Å². The van der Waals surface area contributed by atoms with E-state index in [2.05, 4.69) is 6.58 Å². The summed E-state index contributed by atoms with van der Waals surface area (Å²) in [4.78, 5) is 22.4. The van der Waals surface area contributed by atoms with Gasteiger partial charge in [0.2, 0.25) is 0 Å². The lowest BCUT2D eigenvalue weighted by Crippen LogP contribution is -2.29. The molecule has 0 fully saturated rings. The summed E-state index contributed by atoms with van der Waals surface area (Å²) in [5.74, 6) is 0.0739. The van der Waals surface area contributed by atoms with Crippen LogP contribution >= 0.6 is 0 Å². The van der Waals surface area contributed by atoms with Gasteiger partial charge in [-0.05, 0) is 18.6 Å². The number of ketones is 2. The van der Waals surface area contributed by atoms with Crippen LogP contribution in [0.3, 0.4) is 0 Å². The normalized spacial score (nSPS) is 26.8. The van der Waals surface area contributed by atoms with E-state index >= 15 is 0 Å². The Hall–Kier alpha value is -1.44. The molecule has 0 aromatic heterocycles. The minimum Gasteiger partial charge on any atom is -0.290 e. The molecule has 1 atom stereocenters. The molecule has 0 heterocycles. The molecular formula is C10H8O2. The summed E-state index contributed by atoms with van der Waals surface area (Å²) in [6.07, 6.45) is 5.11. The van der Waals surface area contributed by atoms with Gasteiger partial charge in [0.05, 0.1) is 0 Å². The summed E-state index contributed by atoms with van der Waals surface area (Å²) in [6.45, 7) is 3.61. The van der Waals surface area contributed by atoms with Crippen LogP contribution < -0.4 is 0 Å². The number of carbonyl (C=O) groups is 2. The average Bonchev–Trinajstić information content (AvgIpc) is 1.98. The molecule has 0 radical (unpaired) electrons. The van der Waals surface area contributed by atoms with Crippen molar-refractivity contribution in [2.75, 3.05) is 0 Å². The van der Waals surface area contributed by atoms with Crippen LogP contribution in [-0.2, 0) is 9.59 Å². The van der Waals surface area contributed by atoms with Gasteiger partial charge in [0, 0.05) is 17.1 Å². The Balaban J connectivity index is 2.42. The van der Waals surface area contributed by atoms with E-state index in [9.17, 15) is 9.59 Å². The highest BCUT2D eigenvalue weighted by atomic mass is 16.1. The van der Waals surface area contributed by atoms with Gasteiger partial charge in [-0.15, -0.1) is 6.58 Å². The molecule has 2 nitrogen and oxygen atoms in total. The number of hydrogen-bond acceptors (Lipinski definition) is 2. The van der Waals surface area contributed by atoms with Crippen molar-refractivity contribution in [2.45, 2.75) is 6.42 Å². The van der Waals surface area contributed by atoms with Crippen molar-refractivity contribution in [1.29, 1.82) is 0 Å². The fraction of sp³-hybridized carbons (Fsp3) is 0.200. The van der Waals surface area contributed by atoms with Crippen molar-refractivity contribution in [3.8, 4) is 0 Å². The maximum absolute atomic E-state index is 11.2. The summed E-state index contributed by atoms with van der Waals surface area (Å²) in [5, 5.41) is 0. The molecule has 2 heteroatoms. The molecule has 60 valence electrons. The minimum atomic E-state index is -0.0271. The highest BCUT2D eigenvalue weighted by molar-refractivity contribution is 6.22. The Morgan fingerprint density at radius 2 is 2.00 bits per heavy atom.